The van der Waals surface area contributed by atoms with Gasteiger partial charge < -0.3 is 10.6 Å². The number of carbonyl (C=O) groups excluding carboxylic acids is 1. The SMILES string of the molecule is CC(C)CCNC(=O)C(C)NCCNS(C)(=O)=O. The molecule has 0 heterocycles. The summed E-state index contributed by atoms with van der Waals surface area (Å²) in [6.07, 6.45) is 2.06. The summed E-state index contributed by atoms with van der Waals surface area (Å²) in [6, 6.07) is -0.321. The molecule has 7 heteroatoms. The second kappa shape index (κ2) is 8.44. The summed E-state index contributed by atoms with van der Waals surface area (Å²) < 4.78 is 23.9. The van der Waals surface area contributed by atoms with Gasteiger partial charge in [0.2, 0.25) is 15.9 Å². The molecule has 0 aromatic heterocycles. The molecule has 1 unspecified atom stereocenters. The molecule has 0 aromatic carbocycles. The van der Waals surface area contributed by atoms with Crippen molar-refractivity contribution in [3.63, 3.8) is 0 Å². The number of amides is 1. The number of sulfonamides is 1. The topological polar surface area (TPSA) is 87.3 Å². The lowest BCUT2D eigenvalue weighted by molar-refractivity contribution is -0.122. The minimum Gasteiger partial charge on any atom is -0.355 e. The van der Waals surface area contributed by atoms with E-state index in [4.69, 9.17) is 0 Å². The van der Waals surface area contributed by atoms with E-state index in [0.29, 0.717) is 19.0 Å². The van der Waals surface area contributed by atoms with E-state index in [2.05, 4.69) is 29.2 Å². The summed E-state index contributed by atoms with van der Waals surface area (Å²) in [5.41, 5.74) is 0. The van der Waals surface area contributed by atoms with Crippen LogP contribution >= 0.6 is 0 Å². The van der Waals surface area contributed by atoms with Crippen molar-refractivity contribution in [2.24, 2.45) is 5.92 Å². The van der Waals surface area contributed by atoms with Crippen LogP contribution in [-0.2, 0) is 14.8 Å². The van der Waals surface area contributed by atoms with Gasteiger partial charge in [-0.3, -0.25) is 4.79 Å². The normalized spacial score (nSPS) is 13.6. The molecule has 0 saturated carbocycles. The Morgan fingerprint density at radius 1 is 1.11 bits per heavy atom. The highest BCUT2D eigenvalue weighted by Crippen LogP contribution is 1.96. The molecule has 0 radical (unpaired) electrons. The van der Waals surface area contributed by atoms with Gasteiger partial charge in [-0.05, 0) is 19.3 Å². The third-order valence-electron chi connectivity index (χ3n) is 2.35. The zero-order chi connectivity index (χ0) is 14.2. The van der Waals surface area contributed by atoms with Crippen LogP contribution in [0.4, 0.5) is 0 Å². The van der Waals surface area contributed by atoms with Gasteiger partial charge in [0.25, 0.3) is 0 Å². The van der Waals surface area contributed by atoms with Crippen LogP contribution in [0.2, 0.25) is 0 Å². The Morgan fingerprint density at radius 3 is 2.22 bits per heavy atom. The van der Waals surface area contributed by atoms with Gasteiger partial charge in [0.15, 0.2) is 0 Å². The van der Waals surface area contributed by atoms with Crippen LogP contribution < -0.4 is 15.4 Å². The molecule has 3 N–H and O–H groups in total. The molecular formula is C11H25N3O3S. The van der Waals surface area contributed by atoms with Crippen molar-refractivity contribution in [1.82, 2.24) is 15.4 Å². The molecule has 1 atom stereocenters. The molecule has 0 aromatic rings. The van der Waals surface area contributed by atoms with Gasteiger partial charge >= 0.3 is 0 Å². The molecule has 0 bridgehead atoms. The number of carbonyl (C=O) groups is 1. The maximum Gasteiger partial charge on any atom is 0.236 e. The summed E-state index contributed by atoms with van der Waals surface area (Å²) in [4.78, 5) is 11.6. The quantitative estimate of drug-likeness (QED) is 0.505. The summed E-state index contributed by atoms with van der Waals surface area (Å²) in [5, 5.41) is 5.78. The second-order valence-electron chi connectivity index (χ2n) is 4.82. The van der Waals surface area contributed by atoms with Crippen LogP contribution in [0.1, 0.15) is 27.2 Å². The van der Waals surface area contributed by atoms with Crippen LogP contribution in [0, 0.1) is 5.92 Å². The molecule has 0 rings (SSSR count). The fraction of sp³-hybridized carbons (Fsp3) is 0.909. The lowest BCUT2D eigenvalue weighted by Gasteiger charge is -2.14. The first-order valence-electron chi connectivity index (χ1n) is 6.18. The minimum atomic E-state index is -3.16. The lowest BCUT2D eigenvalue weighted by atomic mass is 10.1. The Kier molecular flexibility index (Phi) is 8.13. The maximum atomic E-state index is 11.6. The molecule has 1 amide bonds. The van der Waals surface area contributed by atoms with E-state index in [-0.39, 0.29) is 18.5 Å². The molecule has 0 aliphatic carbocycles. The number of hydrogen-bond acceptors (Lipinski definition) is 4. The van der Waals surface area contributed by atoms with Crippen LogP contribution in [0.25, 0.3) is 0 Å². The van der Waals surface area contributed by atoms with Crippen LogP contribution in [0.3, 0.4) is 0 Å². The molecule has 6 nitrogen and oxygen atoms in total. The standard InChI is InChI=1S/C11H25N3O3S/c1-9(2)5-6-13-11(15)10(3)12-7-8-14-18(4,16)17/h9-10,12,14H,5-8H2,1-4H3,(H,13,15). The molecule has 0 saturated heterocycles. The van der Waals surface area contributed by atoms with Crippen molar-refractivity contribution in [1.29, 1.82) is 0 Å². The van der Waals surface area contributed by atoms with Crippen molar-refractivity contribution in [3.8, 4) is 0 Å². The van der Waals surface area contributed by atoms with E-state index in [0.717, 1.165) is 12.7 Å². The average molecular weight is 279 g/mol. The monoisotopic (exact) mass is 279 g/mol. The zero-order valence-electron chi connectivity index (χ0n) is 11.6. The zero-order valence-corrected chi connectivity index (χ0v) is 12.4. The van der Waals surface area contributed by atoms with E-state index in [1.165, 1.54) is 0 Å². The van der Waals surface area contributed by atoms with Crippen molar-refractivity contribution < 1.29 is 13.2 Å². The van der Waals surface area contributed by atoms with Gasteiger partial charge in [0, 0.05) is 19.6 Å². The Balaban J connectivity index is 3.68. The van der Waals surface area contributed by atoms with E-state index in [1.807, 2.05) is 0 Å². The van der Waals surface area contributed by atoms with Gasteiger partial charge in [0.1, 0.15) is 0 Å². The molecular weight excluding hydrogens is 254 g/mol. The molecule has 18 heavy (non-hydrogen) atoms. The maximum absolute atomic E-state index is 11.6. The van der Waals surface area contributed by atoms with Gasteiger partial charge in [-0.25, -0.2) is 13.1 Å². The molecule has 0 spiro atoms. The largest absolute Gasteiger partial charge is 0.355 e. The van der Waals surface area contributed by atoms with Crippen LogP contribution in [0.5, 0.6) is 0 Å². The van der Waals surface area contributed by atoms with Gasteiger partial charge in [0.05, 0.1) is 12.3 Å². The number of rotatable bonds is 9. The first-order valence-corrected chi connectivity index (χ1v) is 8.07. The molecule has 0 aliphatic rings. The predicted octanol–water partition coefficient (Wildman–Crippen LogP) is -0.324. The Bertz CT molecular complexity index is 341. The van der Waals surface area contributed by atoms with Crippen LogP contribution in [-0.4, -0.2) is 46.3 Å². The van der Waals surface area contributed by atoms with E-state index in [9.17, 15) is 13.2 Å². The first-order chi connectivity index (χ1) is 8.22. The summed E-state index contributed by atoms with van der Waals surface area (Å²) >= 11 is 0. The number of hydrogen-bond donors (Lipinski definition) is 3. The predicted molar refractivity (Wildman–Crippen MR) is 72.8 cm³/mol. The van der Waals surface area contributed by atoms with E-state index >= 15 is 0 Å². The highest BCUT2D eigenvalue weighted by atomic mass is 32.2. The van der Waals surface area contributed by atoms with E-state index in [1.54, 1.807) is 6.92 Å². The Hall–Kier alpha value is -0.660. The van der Waals surface area contributed by atoms with Gasteiger partial charge in [-0.2, -0.15) is 0 Å². The Labute approximate surface area is 110 Å². The molecule has 108 valence electrons. The minimum absolute atomic E-state index is 0.0602. The Morgan fingerprint density at radius 2 is 1.72 bits per heavy atom. The lowest BCUT2D eigenvalue weighted by Crippen LogP contribution is -2.45. The van der Waals surface area contributed by atoms with Crippen molar-refractivity contribution in [2.75, 3.05) is 25.9 Å². The molecule has 0 aliphatic heterocycles. The third kappa shape index (κ3) is 10.5. The number of nitrogens with one attached hydrogen (secondary N) is 3. The second-order valence-corrected chi connectivity index (χ2v) is 6.65. The summed E-state index contributed by atoms with van der Waals surface area (Å²) in [6.45, 7) is 7.33. The third-order valence-corrected chi connectivity index (χ3v) is 3.08. The fourth-order valence-electron chi connectivity index (χ4n) is 1.25. The van der Waals surface area contributed by atoms with Crippen LogP contribution in [0.15, 0.2) is 0 Å². The summed E-state index contributed by atoms with van der Waals surface area (Å²) in [7, 11) is -3.16. The fourth-order valence-corrected chi connectivity index (χ4v) is 1.73. The van der Waals surface area contributed by atoms with Crippen molar-refractivity contribution >= 4 is 15.9 Å². The van der Waals surface area contributed by atoms with E-state index < -0.39 is 10.0 Å². The van der Waals surface area contributed by atoms with Crippen molar-refractivity contribution in [3.05, 3.63) is 0 Å². The smallest absolute Gasteiger partial charge is 0.236 e. The summed E-state index contributed by atoms with van der Waals surface area (Å²) in [5.74, 6) is 0.502. The molecule has 0 fully saturated rings. The highest BCUT2D eigenvalue weighted by Gasteiger charge is 2.11. The van der Waals surface area contributed by atoms with Crippen molar-refractivity contribution in [2.45, 2.75) is 33.2 Å². The van der Waals surface area contributed by atoms with Gasteiger partial charge in [-0.15, -0.1) is 0 Å². The first kappa shape index (κ1) is 17.3. The highest BCUT2D eigenvalue weighted by molar-refractivity contribution is 7.88. The average Bonchev–Trinajstić information content (AvgIpc) is 2.22. The van der Waals surface area contributed by atoms with Gasteiger partial charge in [-0.1, -0.05) is 13.8 Å².